The molecule has 1 fully saturated rings. The van der Waals surface area contributed by atoms with E-state index < -0.39 is 0 Å². The molecule has 0 saturated carbocycles. The molecule has 1 saturated heterocycles. The first kappa shape index (κ1) is 14.5. The van der Waals surface area contributed by atoms with Gasteiger partial charge in [0.2, 0.25) is 5.91 Å². The Hall–Kier alpha value is 0.0900. The third kappa shape index (κ3) is 3.56. The molecule has 1 aromatic rings. The fourth-order valence-electron chi connectivity index (χ4n) is 1.95. The van der Waals surface area contributed by atoms with Gasteiger partial charge in [-0.25, -0.2) is 0 Å². The Kier molecular flexibility index (Phi) is 5.24. The molecule has 2 N–H and O–H groups in total. The predicted molar refractivity (Wildman–Crippen MR) is 83.8 cm³/mol. The fourth-order valence-corrected chi connectivity index (χ4v) is 4.40. The first-order valence-corrected chi connectivity index (χ1v) is 8.14. The Morgan fingerprint density at radius 2 is 1.89 bits per heavy atom. The number of hydrogen-bond donors (Lipinski definition) is 2. The summed E-state index contributed by atoms with van der Waals surface area (Å²) in [6.45, 7) is 0.917. The van der Waals surface area contributed by atoms with Gasteiger partial charge >= 0.3 is 0 Å². The van der Waals surface area contributed by atoms with Crippen LogP contribution in [-0.4, -0.2) is 18.5 Å². The molecule has 98 valence electrons. The summed E-state index contributed by atoms with van der Waals surface area (Å²) >= 11 is 10.3. The van der Waals surface area contributed by atoms with Crippen molar-refractivity contribution >= 4 is 59.4 Å². The van der Waals surface area contributed by atoms with Gasteiger partial charge in [-0.1, -0.05) is 22.4 Å². The average molecular weight is 441 g/mol. The predicted octanol–water partition coefficient (Wildman–Crippen LogP) is 4.05. The van der Waals surface area contributed by atoms with Crippen LogP contribution < -0.4 is 10.6 Å². The molecule has 18 heavy (non-hydrogen) atoms. The van der Waals surface area contributed by atoms with Gasteiger partial charge in [0, 0.05) is 13.4 Å². The lowest BCUT2D eigenvalue weighted by molar-refractivity contribution is -0.118. The Balaban J connectivity index is 2.11. The zero-order chi connectivity index (χ0) is 13.1. The van der Waals surface area contributed by atoms with Crippen molar-refractivity contribution in [1.82, 2.24) is 5.32 Å². The molecule has 1 heterocycles. The summed E-state index contributed by atoms with van der Waals surface area (Å²) in [6, 6.07) is 3.74. The molecular formula is C12H13Br3N2O. The van der Waals surface area contributed by atoms with Gasteiger partial charge in [0.05, 0.1) is 11.7 Å². The standard InChI is InChI=1S/C12H13Br3N2O/c13-7-5-8(14)11(9(15)6-7)17-12(18)10-3-1-2-4-16-10/h5-6,10,16H,1-4H2,(H,17,18). The molecule has 1 aromatic carbocycles. The number of benzene rings is 1. The molecule has 1 aliphatic rings. The van der Waals surface area contributed by atoms with Crippen molar-refractivity contribution in [2.75, 3.05) is 11.9 Å². The molecule has 0 spiro atoms. The number of anilines is 1. The van der Waals surface area contributed by atoms with Crippen LogP contribution >= 0.6 is 47.8 Å². The van der Waals surface area contributed by atoms with Gasteiger partial charge in [-0.3, -0.25) is 4.79 Å². The smallest absolute Gasteiger partial charge is 0.241 e. The second-order valence-corrected chi connectivity index (χ2v) is 6.86. The van der Waals surface area contributed by atoms with Crippen LogP contribution in [0.25, 0.3) is 0 Å². The molecule has 1 aliphatic heterocycles. The highest BCUT2D eigenvalue weighted by atomic mass is 79.9. The van der Waals surface area contributed by atoms with E-state index in [4.69, 9.17) is 0 Å². The topological polar surface area (TPSA) is 41.1 Å². The third-order valence-corrected chi connectivity index (χ3v) is 4.59. The van der Waals surface area contributed by atoms with E-state index in [-0.39, 0.29) is 11.9 Å². The quantitative estimate of drug-likeness (QED) is 0.728. The van der Waals surface area contributed by atoms with Crippen molar-refractivity contribution in [3.63, 3.8) is 0 Å². The van der Waals surface area contributed by atoms with E-state index >= 15 is 0 Å². The molecule has 1 atom stereocenters. The van der Waals surface area contributed by atoms with Crippen molar-refractivity contribution in [2.24, 2.45) is 0 Å². The van der Waals surface area contributed by atoms with E-state index in [1.807, 2.05) is 12.1 Å². The number of halogens is 3. The molecule has 0 aromatic heterocycles. The fraction of sp³-hybridized carbons (Fsp3) is 0.417. The van der Waals surface area contributed by atoms with Gasteiger partial charge in [0.15, 0.2) is 0 Å². The summed E-state index contributed by atoms with van der Waals surface area (Å²) in [5.74, 6) is 0.0263. The van der Waals surface area contributed by atoms with E-state index in [1.54, 1.807) is 0 Å². The Labute approximate surface area is 131 Å². The molecule has 3 nitrogen and oxygen atoms in total. The number of hydrogen-bond acceptors (Lipinski definition) is 2. The minimum atomic E-state index is -0.0822. The van der Waals surface area contributed by atoms with Crippen LogP contribution in [0.5, 0.6) is 0 Å². The van der Waals surface area contributed by atoms with Gasteiger partial charge in [0.1, 0.15) is 0 Å². The van der Waals surface area contributed by atoms with Gasteiger partial charge in [-0.05, 0) is 63.4 Å². The normalized spacial score (nSPS) is 19.6. The van der Waals surface area contributed by atoms with Crippen molar-refractivity contribution < 1.29 is 4.79 Å². The second kappa shape index (κ2) is 6.50. The van der Waals surface area contributed by atoms with Crippen molar-refractivity contribution in [1.29, 1.82) is 0 Å². The maximum atomic E-state index is 12.1. The monoisotopic (exact) mass is 438 g/mol. The SMILES string of the molecule is O=C(Nc1c(Br)cc(Br)cc1Br)C1CCCCN1. The Bertz CT molecular complexity index is 436. The molecule has 6 heteroatoms. The van der Waals surface area contributed by atoms with Crippen LogP contribution in [0.3, 0.4) is 0 Å². The summed E-state index contributed by atoms with van der Waals surface area (Å²) in [6.07, 6.45) is 3.15. The summed E-state index contributed by atoms with van der Waals surface area (Å²) in [7, 11) is 0. The van der Waals surface area contributed by atoms with Gasteiger partial charge in [-0.15, -0.1) is 0 Å². The summed E-state index contributed by atoms with van der Waals surface area (Å²) in [4.78, 5) is 12.1. The lowest BCUT2D eigenvalue weighted by Crippen LogP contribution is -2.43. The highest BCUT2D eigenvalue weighted by Crippen LogP contribution is 2.34. The maximum absolute atomic E-state index is 12.1. The zero-order valence-corrected chi connectivity index (χ0v) is 14.4. The Morgan fingerprint density at radius 3 is 2.44 bits per heavy atom. The lowest BCUT2D eigenvalue weighted by atomic mass is 10.0. The molecule has 1 unspecified atom stereocenters. The second-order valence-electron chi connectivity index (χ2n) is 4.24. The van der Waals surface area contributed by atoms with E-state index in [1.165, 1.54) is 0 Å². The van der Waals surface area contributed by atoms with Crippen molar-refractivity contribution in [3.8, 4) is 0 Å². The number of nitrogens with one attached hydrogen (secondary N) is 2. The van der Waals surface area contributed by atoms with E-state index in [0.29, 0.717) is 0 Å². The van der Waals surface area contributed by atoms with E-state index in [9.17, 15) is 4.79 Å². The van der Waals surface area contributed by atoms with Crippen LogP contribution in [0.4, 0.5) is 5.69 Å². The van der Waals surface area contributed by atoms with Crippen LogP contribution in [-0.2, 0) is 4.79 Å². The molecule has 2 rings (SSSR count). The molecule has 0 aliphatic carbocycles. The number of piperidine rings is 1. The molecule has 0 bridgehead atoms. The van der Waals surface area contributed by atoms with Crippen LogP contribution in [0, 0.1) is 0 Å². The highest BCUT2D eigenvalue weighted by Gasteiger charge is 2.21. The minimum absolute atomic E-state index is 0.0263. The van der Waals surface area contributed by atoms with Gasteiger partial charge in [-0.2, -0.15) is 0 Å². The molecule has 0 radical (unpaired) electrons. The molecule has 1 amide bonds. The minimum Gasteiger partial charge on any atom is -0.323 e. The van der Waals surface area contributed by atoms with Crippen LogP contribution in [0.2, 0.25) is 0 Å². The summed E-state index contributed by atoms with van der Waals surface area (Å²) in [5, 5.41) is 6.20. The third-order valence-electron chi connectivity index (χ3n) is 2.88. The first-order valence-electron chi connectivity index (χ1n) is 5.76. The zero-order valence-electron chi connectivity index (χ0n) is 9.60. The average Bonchev–Trinajstić information content (AvgIpc) is 2.34. The van der Waals surface area contributed by atoms with E-state index in [0.717, 1.165) is 44.9 Å². The lowest BCUT2D eigenvalue weighted by Gasteiger charge is -2.23. The first-order chi connectivity index (χ1) is 8.58. The van der Waals surface area contributed by atoms with Crippen LogP contribution in [0.1, 0.15) is 19.3 Å². The summed E-state index contributed by atoms with van der Waals surface area (Å²) in [5.41, 5.74) is 0.774. The van der Waals surface area contributed by atoms with Crippen molar-refractivity contribution in [3.05, 3.63) is 25.6 Å². The number of rotatable bonds is 2. The van der Waals surface area contributed by atoms with E-state index in [2.05, 4.69) is 58.4 Å². The summed E-state index contributed by atoms with van der Waals surface area (Å²) < 4.78 is 2.66. The molecular weight excluding hydrogens is 428 g/mol. The highest BCUT2D eigenvalue weighted by molar-refractivity contribution is 9.11. The number of carbonyl (C=O) groups is 1. The van der Waals surface area contributed by atoms with Crippen LogP contribution in [0.15, 0.2) is 25.6 Å². The van der Waals surface area contributed by atoms with Crippen molar-refractivity contribution in [2.45, 2.75) is 25.3 Å². The van der Waals surface area contributed by atoms with Gasteiger partial charge in [0.25, 0.3) is 0 Å². The maximum Gasteiger partial charge on any atom is 0.241 e. The largest absolute Gasteiger partial charge is 0.323 e. The Morgan fingerprint density at radius 1 is 1.22 bits per heavy atom. The van der Waals surface area contributed by atoms with Gasteiger partial charge < -0.3 is 10.6 Å². The number of carbonyl (C=O) groups excluding carboxylic acids is 1. The number of amides is 1.